The number of rotatable bonds is 5. The molecule has 0 saturated heterocycles. The number of ketones is 1. The van der Waals surface area contributed by atoms with Crippen LogP contribution in [0.5, 0.6) is 0 Å². The smallest absolute Gasteiger partial charge is 0.245 e. The number of anilines is 1. The van der Waals surface area contributed by atoms with Crippen molar-refractivity contribution in [3.05, 3.63) is 66.2 Å². The maximum Gasteiger partial charge on any atom is 0.245 e. The lowest BCUT2D eigenvalue weighted by Gasteiger charge is -2.23. The second-order valence-electron chi connectivity index (χ2n) is 4.72. The highest BCUT2D eigenvalue weighted by Gasteiger charge is 2.32. The number of carbonyl (C=O) groups is 1. The van der Waals surface area contributed by atoms with Crippen LogP contribution in [0.3, 0.4) is 0 Å². The fraction of sp³-hybridized carbons (Fsp3) is 0.188. The van der Waals surface area contributed by atoms with Crippen LogP contribution in [0.4, 0.5) is 5.69 Å². The molecule has 21 heavy (non-hydrogen) atoms. The zero-order chi connectivity index (χ0) is 15.5. The second-order valence-corrected chi connectivity index (χ2v) is 7.01. The number of para-hydroxylation sites is 1. The average Bonchev–Trinajstić information content (AvgIpc) is 2.54. The molecule has 0 aromatic heterocycles. The maximum atomic E-state index is 12.6. The van der Waals surface area contributed by atoms with E-state index in [1.807, 2.05) is 6.07 Å². The number of carbonyl (C=O) groups excluding carboxylic acids is 1. The van der Waals surface area contributed by atoms with Gasteiger partial charge in [0, 0.05) is 12.6 Å². The molecule has 4 nitrogen and oxygen atoms in total. The van der Waals surface area contributed by atoms with Gasteiger partial charge in [0.1, 0.15) is 5.25 Å². The molecule has 0 aliphatic carbocycles. The van der Waals surface area contributed by atoms with Gasteiger partial charge >= 0.3 is 0 Å². The normalized spacial score (nSPS) is 12.7. The van der Waals surface area contributed by atoms with Crippen molar-refractivity contribution in [2.75, 3.05) is 11.4 Å². The number of sulfonamides is 1. The molecule has 0 saturated carbocycles. The largest absolute Gasteiger partial charge is 0.293 e. The first-order valence-corrected chi connectivity index (χ1v) is 8.07. The van der Waals surface area contributed by atoms with E-state index in [2.05, 4.69) is 0 Å². The first kappa shape index (κ1) is 15.3. The number of hydrogen-bond donors (Lipinski definition) is 0. The van der Waals surface area contributed by atoms with Crippen LogP contribution in [0.1, 0.15) is 17.3 Å². The van der Waals surface area contributed by atoms with Crippen LogP contribution in [0, 0.1) is 0 Å². The average molecular weight is 303 g/mol. The Morgan fingerprint density at radius 3 is 1.95 bits per heavy atom. The van der Waals surface area contributed by atoms with Crippen LogP contribution in [0.25, 0.3) is 0 Å². The summed E-state index contributed by atoms with van der Waals surface area (Å²) in [5, 5.41) is -1.13. The van der Waals surface area contributed by atoms with Crippen molar-refractivity contribution in [1.82, 2.24) is 0 Å². The van der Waals surface area contributed by atoms with E-state index in [1.165, 1.54) is 14.0 Å². The van der Waals surface area contributed by atoms with Crippen LogP contribution in [0.15, 0.2) is 60.7 Å². The molecule has 0 fully saturated rings. The van der Waals surface area contributed by atoms with Gasteiger partial charge in [0.25, 0.3) is 0 Å². The molecule has 0 bridgehead atoms. The van der Waals surface area contributed by atoms with E-state index in [1.54, 1.807) is 54.6 Å². The Bertz CT molecular complexity index is 712. The zero-order valence-corrected chi connectivity index (χ0v) is 12.7. The van der Waals surface area contributed by atoms with Gasteiger partial charge in [-0.3, -0.25) is 9.10 Å². The Hall–Kier alpha value is -2.14. The zero-order valence-electron chi connectivity index (χ0n) is 11.9. The molecule has 5 heteroatoms. The standard InChI is InChI=1S/C16H17NO3S/c1-13(16(18)14-9-5-3-6-10-14)21(19,20)17(2)15-11-7-4-8-12-15/h3-13H,1-2H3. The van der Waals surface area contributed by atoms with Gasteiger partial charge in [0.15, 0.2) is 5.78 Å². The van der Waals surface area contributed by atoms with E-state index in [-0.39, 0.29) is 0 Å². The Morgan fingerprint density at radius 1 is 0.952 bits per heavy atom. The number of nitrogens with zero attached hydrogens (tertiary/aromatic N) is 1. The fourth-order valence-corrected chi connectivity index (χ4v) is 3.29. The van der Waals surface area contributed by atoms with E-state index in [0.717, 1.165) is 4.31 Å². The lowest BCUT2D eigenvalue weighted by molar-refractivity contribution is 0.0991. The molecular weight excluding hydrogens is 286 g/mol. The van der Waals surface area contributed by atoms with Gasteiger partial charge in [0.2, 0.25) is 10.0 Å². The Balaban J connectivity index is 2.29. The molecule has 0 radical (unpaired) electrons. The van der Waals surface area contributed by atoms with Crippen molar-refractivity contribution < 1.29 is 13.2 Å². The molecule has 0 amide bonds. The lowest BCUT2D eigenvalue weighted by atomic mass is 10.1. The minimum atomic E-state index is -3.76. The third-order valence-electron chi connectivity index (χ3n) is 3.38. The highest BCUT2D eigenvalue weighted by molar-refractivity contribution is 7.94. The fourth-order valence-electron chi connectivity index (χ4n) is 1.99. The summed E-state index contributed by atoms with van der Waals surface area (Å²) < 4.78 is 26.3. The number of hydrogen-bond acceptors (Lipinski definition) is 3. The quantitative estimate of drug-likeness (QED) is 0.798. The monoisotopic (exact) mass is 303 g/mol. The summed E-state index contributed by atoms with van der Waals surface area (Å²) in [6.07, 6.45) is 0. The van der Waals surface area contributed by atoms with Gasteiger partial charge in [-0.1, -0.05) is 48.5 Å². The van der Waals surface area contributed by atoms with Gasteiger partial charge < -0.3 is 0 Å². The molecule has 0 spiro atoms. The molecule has 0 N–H and O–H groups in total. The molecular formula is C16H17NO3S. The third kappa shape index (κ3) is 3.13. The predicted molar refractivity (Wildman–Crippen MR) is 84.0 cm³/mol. The minimum Gasteiger partial charge on any atom is -0.293 e. The van der Waals surface area contributed by atoms with Gasteiger partial charge in [-0.2, -0.15) is 0 Å². The van der Waals surface area contributed by atoms with E-state index in [4.69, 9.17) is 0 Å². The molecule has 0 heterocycles. The van der Waals surface area contributed by atoms with E-state index in [0.29, 0.717) is 11.3 Å². The highest BCUT2D eigenvalue weighted by atomic mass is 32.2. The van der Waals surface area contributed by atoms with E-state index in [9.17, 15) is 13.2 Å². The van der Waals surface area contributed by atoms with E-state index >= 15 is 0 Å². The first-order valence-electron chi connectivity index (χ1n) is 6.56. The van der Waals surface area contributed by atoms with Gasteiger partial charge in [-0.25, -0.2) is 8.42 Å². The van der Waals surface area contributed by atoms with Gasteiger partial charge in [-0.15, -0.1) is 0 Å². The molecule has 0 aliphatic heterocycles. The van der Waals surface area contributed by atoms with Gasteiger partial charge in [-0.05, 0) is 19.1 Å². The summed E-state index contributed by atoms with van der Waals surface area (Å²) in [7, 11) is -2.30. The topological polar surface area (TPSA) is 54.5 Å². The highest BCUT2D eigenvalue weighted by Crippen LogP contribution is 2.20. The third-order valence-corrected chi connectivity index (χ3v) is 5.46. The molecule has 2 aromatic rings. The summed E-state index contributed by atoms with van der Waals surface area (Å²) >= 11 is 0. The number of benzene rings is 2. The molecule has 2 aromatic carbocycles. The number of Topliss-reactive ketones (excluding diaryl/α,β-unsaturated/α-hetero) is 1. The van der Waals surface area contributed by atoms with Crippen molar-refractivity contribution in [2.24, 2.45) is 0 Å². The van der Waals surface area contributed by atoms with Gasteiger partial charge in [0.05, 0.1) is 5.69 Å². The van der Waals surface area contributed by atoms with Crippen LogP contribution in [-0.4, -0.2) is 26.5 Å². The Kier molecular flexibility index (Phi) is 4.43. The lowest BCUT2D eigenvalue weighted by Crippen LogP contribution is -2.39. The van der Waals surface area contributed by atoms with Crippen molar-refractivity contribution in [1.29, 1.82) is 0 Å². The molecule has 110 valence electrons. The van der Waals surface area contributed by atoms with Crippen LogP contribution >= 0.6 is 0 Å². The Morgan fingerprint density at radius 2 is 1.43 bits per heavy atom. The summed E-state index contributed by atoms with van der Waals surface area (Å²) in [6.45, 7) is 1.42. The molecule has 1 atom stereocenters. The summed E-state index contributed by atoms with van der Waals surface area (Å²) in [5.74, 6) is -0.404. The minimum absolute atomic E-state index is 0.398. The van der Waals surface area contributed by atoms with Crippen LogP contribution < -0.4 is 4.31 Å². The van der Waals surface area contributed by atoms with Crippen molar-refractivity contribution in [3.8, 4) is 0 Å². The SMILES string of the molecule is CC(C(=O)c1ccccc1)S(=O)(=O)N(C)c1ccccc1. The Labute approximate surface area is 125 Å². The molecule has 0 aliphatic rings. The van der Waals surface area contributed by atoms with Crippen molar-refractivity contribution in [2.45, 2.75) is 12.2 Å². The first-order chi connectivity index (χ1) is 9.94. The second kappa shape index (κ2) is 6.10. The van der Waals surface area contributed by atoms with E-state index < -0.39 is 21.1 Å². The maximum absolute atomic E-state index is 12.6. The predicted octanol–water partition coefficient (Wildman–Crippen LogP) is 2.72. The summed E-state index contributed by atoms with van der Waals surface area (Å²) in [4.78, 5) is 12.3. The van der Waals surface area contributed by atoms with Crippen molar-refractivity contribution >= 4 is 21.5 Å². The van der Waals surface area contributed by atoms with Crippen LogP contribution in [0.2, 0.25) is 0 Å². The van der Waals surface area contributed by atoms with Crippen molar-refractivity contribution in [3.63, 3.8) is 0 Å². The van der Waals surface area contributed by atoms with Crippen LogP contribution in [-0.2, 0) is 10.0 Å². The molecule has 2 rings (SSSR count). The molecule has 1 unspecified atom stereocenters. The summed E-state index contributed by atoms with van der Waals surface area (Å²) in [5.41, 5.74) is 0.931. The summed E-state index contributed by atoms with van der Waals surface area (Å²) in [6, 6.07) is 17.2.